The minimum Gasteiger partial charge on any atom is -0.378 e. The first-order chi connectivity index (χ1) is 9.26. The van der Waals surface area contributed by atoms with Crippen molar-refractivity contribution in [3.05, 3.63) is 65.0 Å². The third kappa shape index (κ3) is 2.48. The van der Waals surface area contributed by atoms with E-state index in [1.54, 1.807) is 12.1 Å². The van der Waals surface area contributed by atoms with Crippen molar-refractivity contribution in [1.82, 2.24) is 0 Å². The quantitative estimate of drug-likeness (QED) is 0.852. The van der Waals surface area contributed by atoms with E-state index in [1.165, 1.54) is 11.1 Å². The number of aryl methyl sites for hydroxylation is 2. The average Bonchev–Trinajstić information content (AvgIpc) is 2.82. The van der Waals surface area contributed by atoms with Gasteiger partial charge in [0.1, 0.15) is 5.82 Å². The molecule has 0 saturated carbocycles. The van der Waals surface area contributed by atoms with Crippen LogP contribution in [-0.4, -0.2) is 0 Å². The lowest BCUT2D eigenvalue weighted by Gasteiger charge is -2.16. The van der Waals surface area contributed by atoms with Gasteiger partial charge in [0, 0.05) is 5.69 Å². The number of hydrogen-bond acceptors (Lipinski definition) is 1. The van der Waals surface area contributed by atoms with Gasteiger partial charge in [-0.15, -0.1) is 0 Å². The van der Waals surface area contributed by atoms with Crippen molar-refractivity contribution in [2.24, 2.45) is 0 Å². The van der Waals surface area contributed by atoms with Gasteiger partial charge in [0.15, 0.2) is 0 Å². The van der Waals surface area contributed by atoms with Crippen LogP contribution in [0, 0.1) is 5.82 Å². The largest absolute Gasteiger partial charge is 0.378 e. The fourth-order valence-corrected chi connectivity index (χ4v) is 2.77. The second-order valence-corrected chi connectivity index (χ2v) is 5.13. The number of benzene rings is 2. The zero-order valence-electron chi connectivity index (χ0n) is 11.1. The number of hydrogen-bond donors (Lipinski definition) is 1. The number of nitrogens with one attached hydrogen (secondary N) is 1. The van der Waals surface area contributed by atoms with Crippen molar-refractivity contribution in [2.75, 3.05) is 5.32 Å². The van der Waals surface area contributed by atoms with E-state index >= 15 is 0 Å². The molecule has 1 nitrogen and oxygen atoms in total. The highest BCUT2D eigenvalue weighted by atomic mass is 19.1. The highest BCUT2D eigenvalue weighted by Crippen LogP contribution is 2.34. The van der Waals surface area contributed by atoms with Crippen LogP contribution >= 0.6 is 0 Å². The molecule has 1 aliphatic rings. The van der Waals surface area contributed by atoms with Gasteiger partial charge in [0.25, 0.3) is 0 Å². The van der Waals surface area contributed by atoms with Crippen molar-refractivity contribution in [1.29, 1.82) is 0 Å². The van der Waals surface area contributed by atoms with Crippen LogP contribution in [0.4, 0.5) is 10.1 Å². The summed E-state index contributed by atoms with van der Waals surface area (Å²) >= 11 is 0. The molecule has 1 unspecified atom stereocenters. The second-order valence-electron chi connectivity index (χ2n) is 5.13. The molecule has 0 heterocycles. The lowest BCUT2D eigenvalue weighted by molar-refractivity contribution is 0.626. The molecule has 0 aliphatic heterocycles. The second kappa shape index (κ2) is 5.04. The van der Waals surface area contributed by atoms with Gasteiger partial charge in [-0.05, 0) is 60.2 Å². The van der Waals surface area contributed by atoms with Crippen LogP contribution in [0.15, 0.2) is 42.5 Å². The highest BCUT2D eigenvalue weighted by molar-refractivity contribution is 5.49. The monoisotopic (exact) mass is 255 g/mol. The maximum absolute atomic E-state index is 13.2. The fraction of sp³-hybridized carbons (Fsp3) is 0.294. The van der Waals surface area contributed by atoms with E-state index in [0.717, 1.165) is 30.5 Å². The predicted molar refractivity (Wildman–Crippen MR) is 76.9 cm³/mol. The average molecular weight is 255 g/mol. The first-order valence-corrected chi connectivity index (χ1v) is 6.90. The molecule has 0 fully saturated rings. The van der Waals surface area contributed by atoms with E-state index in [4.69, 9.17) is 0 Å². The summed E-state index contributed by atoms with van der Waals surface area (Å²) in [5.41, 5.74) is 4.86. The minimum atomic E-state index is -0.133. The Morgan fingerprint density at radius 3 is 2.68 bits per heavy atom. The Bertz CT molecular complexity index is 574. The van der Waals surface area contributed by atoms with Crippen LogP contribution in [-0.2, 0) is 12.8 Å². The van der Waals surface area contributed by atoms with Crippen LogP contribution in [0.1, 0.15) is 36.1 Å². The SMILES string of the molecule is CCc1ccc(NC2CCc3cc(F)ccc32)cc1. The third-order valence-corrected chi connectivity index (χ3v) is 3.89. The molecule has 19 heavy (non-hydrogen) atoms. The smallest absolute Gasteiger partial charge is 0.123 e. The first kappa shape index (κ1) is 12.2. The molecule has 0 aromatic heterocycles. The van der Waals surface area contributed by atoms with Gasteiger partial charge in [0.2, 0.25) is 0 Å². The van der Waals surface area contributed by atoms with E-state index in [2.05, 4.69) is 36.5 Å². The maximum atomic E-state index is 13.2. The summed E-state index contributed by atoms with van der Waals surface area (Å²) in [4.78, 5) is 0. The molecule has 2 heteroatoms. The summed E-state index contributed by atoms with van der Waals surface area (Å²) in [7, 11) is 0. The van der Waals surface area contributed by atoms with Gasteiger partial charge in [0.05, 0.1) is 6.04 Å². The normalized spacial score (nSPS) is 17.3. The molecule has 98 valence electrons. The molecule has 0 amide bonds. The van der Waals surface area contributed by atoms with E-state index in [-0.39, 0.29) is 5.82 Å². The number of fused-ring (bicyclic) bond motifs is 1. The van der Waals surface area contributed by atoms with E-state index in [0.29, 0.717) is 6.04 Å². The van der Waals surface area contributed by atoms with Gasteiger partial charge in [-0.1, -0.05) is 25.1 Å². The first-order valence-electron chi connectivity index (χ1n) is 6.90. The molecule has 0 bridgehead atoms. The number of anilines is 1. The van der Waals surface area contributed by atoms with Crippen molar-refractivity contribution in [3.8, 4) is 0 Å². The minimum absolute atomic E-state index is 0.133. The number of rotatable bonds is 3. The standard InChI is InChI=1S/C17H18FN/c1-2-12-3-7-15(8-4-12)19-17-10-5-13-11-14(18)6-9-16(13)17/h3-4,6-9,11,17,19H,2,5,10H2,1H3. The van der Waals surface area contributed by atoms with Crippen LogP contribution in [0.2, 0.25) is 0 Å². The predicted octanol–water partition coefficient (Wildman–Crippen LogP) is 4.49. The van der Waals surface area contributed by atoms with E-state index < -0.39 is 0 Å². The summed E-state index contributed by atoms with van der Waals surface area (Å²) < 4.78 is 13.2. The van der Waals surface area contributed by atoms with Crippen LogP contribution < -0.4 is 5.32 Å². The summed E-state index contributed by atoms with van der Waals surface area (Å²) in [5, 5.41) is 3.55. The molecule has 1 atom stereocenters. The van der Waals surface area contributed by atoms with Crippen LogP contribution in [0.5, 0.6) is 0 Å². The Kier molecular flexibility index (Phi) is 3.24. The summed E-state index contributed by atoms with van der Waals surface area (Å²) in [5.74, 6) is -0.133. The molecule has 1 aliphatic carbocycles. The Hall–Kier alpha value is -1.83. The lowest BCUT2D eigenvalue weighted by atomic mass is 10.1. The molecule has 0 radical (unpaired) electrons. The molecule has 2 aromatic rings. The van der Waals surface area contributed by atoms with Crippen LogP contribution in [0.25, 0.3) is 0 Å². The van der Waals surface area contributed by atoms with E-state index in [9.17, 15) is 4.39 Å². The Morgan fingerprint density at radius 2 is 1.95 bits per heavy atom. The molecule has 3 rings (SSSR count). The zero-order chi connectivity index (χ0) is 13.2. The highest BCUT2D eigenvalue weighted by Gasteiger charge is 2.22. The van der Waals surface area contributed by atoms with E-state index in [1.807, 2.05) is 6.07 Å². The molecule has 0 spiro atoms. The molecule has 1 N–H and O–H groups in total. The van der Waals surface area contributed by atoms with Gasteiger partial charge in [-0.3, -0.25) is 0 Å². The van der Waals surface area contributed by atoms with Crippen LogP contribution in [0.3, 0.4) is 0 Å². The maximum Gasteiger partial charge on any atom is 0.123 e. The molecule has 2 aromatic carbocycles. The van der Waals surface area contributed by atoms with Crippen molar-refractivity contribution in [2.45, 2.75) is 32.2 Å². The summed E-state index contributed by atoms with van der Waals surface area (Å²) in [6.45, 7) is 2.16. The van der Waals surface area contributed by atoms with Gasteiger partial charge in [-0.25, -0.2) is 4.39 Å². The van der Waals surface area contributed by atoms with Crippen molar-refractivity contribution >= 4 is 5.69 Å². The van der Waals surface area contributed by atoms with Gasteiger partial charge >= 0.3 is 0 Å². The van der Waals surface area contributed by atoms with Crippen molar-refractivity contribution < 1.29 is 4.39 Å². The molecule has 0 saturated heterocycles. The van der Waals surface area contributed by atoms with Crippen molar-refractivity contribution in [3.63, 3.8) is 0 Å². The Balaban J connectivity index is 1.78. The third-order valence-electron chi connectivity index (χ3n) is 3.89. The summed E-state index contributed by atoms with van der Waals surface area (Å²) in [6.07, 6.45) is 3.05. The Labute approximate surface area is 113 Å². The van der Waals surface area contributed by atoms with Gasteiger partial charge < -0.3 is 5.32 Å². The Morgan fingerprint density at radius 1 is 1.16 bits per heavy atom. The van der Waals surface area contributed by atoms with Gasteiger partial charge in [-0.2, -0.15) is 0 Å². The lowest BCUT2D eigenvalue weighted by Crippen LogP contribution is -2.07. The molecular formula is C17H18FN. The topological polar surface area (TPSA) is 12.0 Å². The number of halogens is 1. The zero-order valence-corrected chi connectivity index (χ0v) is 11.1. The fourth-order valence-electron chi connectivity index (χ4n) is 2.77. The summed E-state index contributed by atoms with van der Waals surface area (Å²) in [6, 6.07) is 14.0. The molecular weight excluding hydrogens is 237 g/mol.